The standard InChI is InChI=1S/C15H14N4/c1-10-6-7-17-15(14(10)16)19-12-8-11-4-2-3-5-13(11)18-9-12/h2-9H,16H2,1H3,(H,17,19). The van der Waals surface area contributed by atoms with Gasteiger partial charge in [0.15, 0.2) is 5.82 Å². The molecule has 3 rings (SSSR count). The molecule has 1 aromatic carbocycles. The monoisotopic (exact) mass is 250 g/mol. The molecule has 0 unspecified atom stereocenters. The summed E-state index contributed by atoms with van der Waals surface area (Å²) in [4.78, 5) is 8.65. The van der Waals surface area contributed by atoms with Crippen LogP contribution in [0.1, 0.15) is 5.56 Å². The number of aromatic nitrogens is 2. The van der Waals surface area contributed by atoms with E-state index >= 15 is 0 Å². The number of nitrogens with two attached hydrogens (primary N) is 1. The SMILES string of the molecule is Cc1ccnc(Nc2cnc3ccccc3c2)c1N. The summed E-state index contributed by atoms with van der Waals surface area (Å²) in [7, 11) is 0. The third-order valence-corrected chi connectivity index (χ3v) is 3.06. The Hall–Kier alpha value is -2.62. The molecule has 0 aliphatic heterocycles. The maximum atomic E-state index is 6.00. The molecule has 0 spiro atoms. The Bertz CT molecular complexity index is 737. The Labute approximate surface area is 111 Å². The molecule has 0 fully saturated rings. The van der Waals surface area contributed by atoms with E-state index in [0.29, 0.717) is 11.5 Å². The summed E-state index contributed by atoms with van der Waals surface area (Å²) in [6.45, 7) is 1.96. The van der Waals surface area contributed by atoms with E-state index in [1.54, 1.807) is 12.4 Å². The number of hydrogen-bond donors (Lipinski definition) is 2. The number of pyridine rings is 2. The molecule has 0 saturated carbocycles. The van der Waals surface area contributed by atoms with Crippen LogP contribution in [0.5, 0.6) is 0 Å². The number of hydrogen-bond acceptors (Lipinski definition) is 4. The number of nitrogens with one attached hydrogen (secondary N) is 1. The molecule has 0 bridgehead atoms. The zero-order valence-electron chi connectivity index (χ0n) is 10.6. The van der Waals surface area contributed by atoms with E-state index in [1.165, 1.54) is 0 Å². The van der Waals surface area contributed by atoms with Crippen molar-refractivity contribution in [3.05, 3.63) is 54.4 Å². The summed E-state index contributed by atoms with van der Waals surface area (Å²) >= 11 is 0. The molecule has 94 valence electrons. The number of fused-ring (bicyclic) bond motifs is 1. The van der Waals surface area contributed by atoms with Gasteiger partial charge in [0, 0.05) is 11.6 Å². The molecule has 0 aliphatic rings. The Kier molecular flexibility index (Phi) is 2.76. The molecule has 0 atom stereocenters. The topological polar surface area (TPSA) is 63.8 Å². The zero-order valence-corrected chi connectivity index (χ0v) is 10.6. The van der Waals surface area contributed by atoms with Crippen molar-refractivity contribution in [2.45, 2.75) is 6.92 Å². The van der Waals surface area contributed by atoms with E-state index in [0.717, 1.165) is 22.2 Å². The molecular weight excluding hydrogens is 236 g/mol. The number of anilines is 3. The number of aryl methyl sites for hydroxylation is 1. The van der Waals surface area contributed by atoms with Gasteiger partial charge < -0.3 is 11.1 Å². The minimum Gasteiger partial charge on any atom is -0.396 e. The third-order valence-electron chi connectivity index (χ3n) is 3.06. The van der Waals surface area contributed by atoms with Crippen LogP contribution in [0.4, 0.5) is 17.2 Å². The normalized spacial score (nSPS) is 10.6. The van der Waals surface area contributed by atoms with Crippen molar-refractivity contribution in [1.29, 1.82) is 0 Å². The van der Waals surface area contributed by atoms with Gasteiger partial charge in [0.2, 0.25) is 0 Å². The lowest BCUT2D eigenvalue weighted by Crippen LogP contribution is -2.01. The maximum Gasteiger partial charge on any atom is 0.153 e. The predicted octanol–water partition coefficient (Wildman–Crippen LogP) is 3.26. The smallest absolute Gasteiger partial charge is 0.153 e. The molecule has 0 saturated heterocycles. The first kappa shape index (κ1) is 11.5. The second-order valence-electron chi connectivity index (χ2n) is 4.43. The maximum absolute atomic E-state index is 6.00. The highest BCUT2D eigenvalue weighted by atomic mass is 15.0. The second-order valence-corrected chi connectivity index (χ2v) is 4.43. The quantitative estimate of drug-likeness (QED) is 0.732. The minimum atomic E-state index is 0.663. The van der Waals surface area contributed by atoms with Crippen LogP contribution in [0.2, 0.25) is 0 Å². The molecule has 3 N–H and O–H groups in total. The lowest BCUT2D eigenvalue weighted by Gasteiger charge is -2.10. The molecule has 0 amide bonds. The van der Waals surface area contributed by atoms with Crippen molar-refractivity contribution in [1.82, 2.24) is 9.97 Å². The van der Waals surface area contributed by atoms with E-state index in [2.05, 4.69) is 15.3 Å². The fourth-order valence-corrected chi connectivity index (χ4v) is 1.95. The number of benzene rings is 1. The van der Waals surface area contributed by atoms with Crippen LogP contribution in [-0.4, -0.2) is 9.97 Å². The van der Waals surface area contributed by atoms with Gasteiger partial charge in [-0.1, -0.05) is 18.2 Å². The van der Waals surface area contributed by atoms with Gasteiger partial charge >= 0.3 is 0 Å². The first-order chi connectivity index (χ1) is 9.24. The summed E-state index contributed by atoms with van der Waals surface area (Å²) in [5.74, 6) is 0.664. The molecule has 0 aliphatic carbocycles. The van der Waals surface area contributed by atoms with E-state index < -0.39 is 0 Å². The highest BCUT2D eigenvalue weighted by Gasteiger charge is 2.04. The molecule has 19 heavy (non-hydrogen) atoms. The molecule has 4 nitrogen and oxygen atoms in total. The summed E-state index contributed by atoms with van der Waals surface area (Å²) in [5.41, 5.74) is 9.51. The molecule has 2 aromatic heterocycles. The van der Waals surface area contributed by atoms with E-state index in [9.17, 15) is 0 Å². The number of nitrogen functional groups attached to an aromatic ring is 1. The fraction of sp³-hybridized carbons (Fsp3) is 0.0667. The molecular formula is C15H14N4. The second kappa shape index (κ2) is 4.57. The summed E-state index contributed by atoms with van der Waals surface area (Å²) in [6, 6.07) is 11.9. The summed E-state index contributed by atoms with van der Waals surface area (Å²) in [5, 5.41) is 4.29. The van der Waals surface area contributed by atoms with Crippen molar-refractivity contribution in [3.8, 4) is 0 Å². The fourth-order valence-electron chi connectivity index (χ4n) is 1.95. The van der Waals surface area contributed by atoms with Crippen molar-refractivity contribution in [2.24, 2.45) is 0 Å². The van der Waals surface area contributed by atoms with E-state index in [-0.39, 0.29) is 0 Å². The third kappa shape index (κ3) is 2.20. The van der Waals surface area contributed by atoms with Crippen molar-refractivity contribution in [2.75, 3.05) is 11.1 Å². The van der Waals surface area contributed by atoms with Crippen LogP contribution in [0.3, 0.4) is 0 Å². The number of para-hydroxylation sites is 1. The highest BCUT2D eigenvalue weighted by molar-refractivity contribution is 5.83. The van der Waals surface area contributed by atoms with Gasteiger partial charge in [-0.3, -0.25) is 4.98 Å². The lowest BCUT2D eigenvalue weighted by molar-refractivity contribution is 1.27. The van der Waals surface area contributed by atoms with Crippen molar-refractivity contribution in [3.63, 3.8) is 0 Å². The van der Waals surface area contributed by atoms with E-state index in [1.807, 2.05) is 43.3 Å². The van der Waals surface area contributed by atoms with Gasteiger partial charge in [-0.15, -0.1) is 0 Å². The summed E-state index contributed by atoms with van der Waals surface area (Å²) in [6.07, 6.45) is 3.52. The van der Waals surface area contributed by atoms with Crippen LogP contribution in [0.15, 0.2) is 48.8 Å². The van der Waals surface area contributed by atoms with Gasteiger partial charge in [0.25, 0.3) is 0 Å². The predicted molar refractivity (Wildman–Crippen MR) is 78.4 cm³/mol. The van der Waals surface area contributed by atoms with Crippen LogP contribution >= 0.6 is 0 Å². The average molecular weight is 250 g/mol. The average Bonchev–Trinajstić information content (AvgIpc) is 2.44. The Morgan fingerprint density at radius 3 is 2.84 bits per heavy atom. The van der Waals surface area contributed by atoms with E-state index in [4.69, 9.17) is 5.73 Å². The van der Waals surface area contributed by atoms with Crippen LogP contribution < -0.4 is 11.1 Å². The Morgan fingerprint density at radius 2 is 1.95 bits per heavy atom. The summed E-state index contributed by atoms with van der Waals surface area (Å²) < 4.78 is 0. The Morgan fingerprint density at radius 1 is 1.11 bits per heavy atom. The first-order valence-corrected chi connectivity index (χ1v) is 6.07. The van der Waals surface area contributed by atoms with Gasteiger partial charge in [-0.05, 0) is 30.7 Å². The largest absolute Gasteiger partial charge is 0.396 e. The lowest BCUT2D eigenvalue weighted by atomic mass is 10.2. The minimum absolute atomic E-state index is 0.663. The molecule has 2 heterocycles. The first-order valence-electron chi connectivity index (χ1n) is 6.07. The molecule has 4 heteroatoms. The van der Waals surface area contributed by atoms with Crippen LogP contribution in [0.25, 0.3) is 10.9 Å². The van der Waals surface area contributed by atoms with Gasteiger partial charge in [-0.25, -0.2) is 4.98 Å². The van der Waals surface area contributed by atoms with Crippen LogP contribution in [0, 0.1) is 6.92 Å². The zero-order chi connectivity index (χ0) is 13.2. The number of nitrogens with zero attached hydrogens (tertiary/aromatic N) is 2. The number of rotatable bonds is 2. The molecule has 3 aromatic rings. The van der Waals surface area contributed by atoms with Crippen molar-refractivity contribution >= 4 is 28.1 Å². The molecule has 0 radical (unpaired) electrons. The van der Waals surface area contributed by atoms with Gasteiger partial charge in [0.05, 0.1) is 23.1 Å². The van der Waals surface area contributed by atoms with Crippen LogP contribution in [-0.2, 0) is 0 Å². The van der Waals surface area contributed by atoms with Crippen molar-refractivity contribution < 1.29 is 0 Å². The Balaban J connectivity index is 1.99. The van der Waals surface area contributed by atoms with Gasteiger partial charge in [-0.2, -0.15) is 0 Å². The highest BCUT2D eigenvalue weighted by Crippen LogP contribution is 2.24. The van der Waals surface area contributed by atoms with Gasteiger partial charge in [0.1, 0.15) is 0 Å².